The molecule has 0 amide bonds. The molecule has 0 radical (unpaired) electrons. The van der Waals surface area contributed by atoms with E-state index in [1.807, 2.05) is 24.3 Å². The van der Waals surface area contributed by atoms with Crippen LogP contribution in [0, 0.1) is 5.41 Å². The SMILES string of the molecule is CCCC/C(=C\Cc1nc2c(-c3ccccc3)ncnc2n1-c1ccccc1)C(C)(C)C. The van der Waals surface area contributed by atoms with Crippen molar-refractivity contribution in [2.45, 2.75) is 53.4 Å². The molecule has 0 saturated heterocycles. The molecule has 0 aliphatic rings. The van der Waals surface area contributed by atoms with Crippen molar-refractivity contribution >= 4 is 11.2 Å². The van der Waals surface area contributed by atoms with Crippen molar-refractivity contribution in [3.05, 3.63) is 84.5 Å². The second-order valence-electron chi connectivity index (χ2n) is 9.25. The van der Waals surface area contributed by atoms with Crippen molar-refractivity contribution in [2.24, 2.45) is 5.41 Å². The first-order valence-corrected chi connectivity index (χ1v) is 11.5. The first kappa shape index (κ1) is 21.9. The number of para-hydroxylation sites is 1. The number of unbranched alkanes of at least 4 members (excludes halogenated alkanes) is 1. The average molecular weight is 425 g/mol. The lowest BCUT2D eigenvalue weighted by atomic mass is 9.83. The van der Waals surface area contributed by atoms with E-state index in [9.17, 15) is 0 Å². The number of aromatic nitrogens is 4. The molecule has 0 aliphatic heterocycles. The summed E-state index contributed by atoms with van der Waals surface area (Å²) < 4.78 is 2.18. The van der Waals surface area contributed by atoms with E-state index in [0.717, 1.165) is 46.8 Å². The smallest absolute Gasteiger partial charge is 0.168 e. The Morgan fingerprint density at radius 1 is 0.938 bits per heavy atom. The fourth-order valence-corrected chi connectivity index (χ4v) is 4.09. The summed E-state index contributed by atoms with van der Waals surface area (Å²) in [7, 11) is 0. The van der Waals surface area contributed by atoms with Gasteiger partial charge < -0.3 is 0 Å². The number of rotatable bonds is 7. The topological polar surface area (TPSA) is 43.6 Å². The van der Waals surface area contributed by atoms with E-state index in [-0.39, 0.29) is 5.41 Å². The Kier molecular flexibility index (Phi) is 6.50. The highest BCUT2D eigenvalue weighted by atomic mass is 15.1. The molecule has 0 bridgehead atoms. The highest BCUT2D eigenvalue weighted by molar-refractivity contribution is 5.88. The lowest BCUT2D eigenvalue weighted by molar-refractivity contribution is 0.473. The van der Waals surface area contributed by atoms with Crippen LogP contribution >= 0.6 is 0 Å². The van der Waals surface area contributed by atoms with Crippen molar-refractivity contribution in [1.82, 2.24) is 19.5 Å². The number of imidazole rings is 1. The molecule has 0 fully saturated rings. The second kappa shape index (κ2) is 9.47. The lowest BCUT2D eigenvalue weighted by Crippen LogP contribution is -2.10. The molecule has 4 heteroatoms. The number of nitrogens with zero attached hydrogens (tertiary/aromatic N) is 4. The minimum Gasteiger partial charge on any atom is -0.280 e. The van der Waals surface area contributed by atoms with Crippen molar-refractivity contribution in [3.8, 4) is 16.9 Å². The quantitative estimate of drug-likeness (QED) is 0.295. The maximum absolute atomic E-state index is 5.09. The molecule has 0 unspecified atom stereocenters. The molecular weight excluding hydrogens is 392 g/mol. The van der Waals surface area contributed by atoms with E-state index in [2.05, 4.69) is 84.7 Å². The van der Waals surface area contributed by atoms with Gasteiger partial charge in [-0.2, -0.15) is 0 Å². The van der Waals surface area contributed by atoms with E-state index >= 15 is 0 Å². The highest BCUT2D eigenvalue weighted by Crippen LogP contribution is 2.31. The van der Waals surface area contributed by atoms with Crippen LogP contribution in [0.1, 0.15) is 52.8 Å². The fraction of sp³-hybridized carbons (Fsp3) is 0.321. The van der Waals surface area contributed by atoms with E-state index in [0.29, 0.717) is 0 Å². The van der Waals surface area contributed by atoms with Gasteiger partial charge in [-0.25, -0.2) is 15.0 Å². The third-order valence-electron chi connectivity index (χ3n) is 5.87. The summed E-state index contributed by atoms with van der Waals surface area (Å²) in [6.07, 6.45) is 8.32. The zero-order valence-corrected chi connectivity index (χ0v) is 19.5. The Morgan fingerprint density at radius 2 is 1.62 bits per heavy atom. The van der Waals surface area contributed by atoms with Gasteiger partial charge in [-0.15, -0.1) is 0 Å². The van der Waals surface area contributed by atoms with E-state index in [1.165, 1.54) is 18.4 Å². The van der Waals surface area contributed by atoms with Crippen molar-refractivity contribution < 1.29 is 0 Å². The molecule has 0 atom stereocenters. The monoisotopic (exact) mass is 424 g/mol. The van der Waals surface area contributed by atoms with Crippen LogP contribution in [0.25, 0.3) is 28.1 Å². The molecule has 4 nitrogen and oxygen atoms in total. The minimum absolute atomic E-state index is 0.147. The largest absolute Gasteiger partial charge is 0.280 e. The average Bonchev–Trinajstić information content (AvgIpc) is 3.18. The molecule has 0 aliphatic carbocycles. The predicted octanol–water partition coefficient (Wildman–Crippen LogP) is 7.19. The van der Waals surface area contributed by atoms with Crippen LogP contribution < -0.4 is 0 Å². The normalized spacial score (nSPS) is 12.4. The van der Waals surface area contributed by atoms with Crippen LogP contribution in [0.4, 0.5) is 0 Å². The highest BCUT2D eigenvalue weighted by Gasteiger charge is 2.20. The summed E-state index contributed by atoms with van der Waals surface area (Å²) in [5, 5.41) is 0. The first-order valence-electron chi connectivity index (χ1n) is 11.5. The zero-order chi connectivity index (χ0) is 22.6. The van der Waals surface area contributed by atoms with Crippen LogP contribution in [0.15, 0.2) is 78.6 Å². The molecule has 2 aromatic heterocycles. The van der Waals surface area contributed by atoms with Crippen molar-refractivity contribution in [1.29, 1.82) is 0 Å². The summed E-state index contributed by atoms with van der Waals surface area (Å²) >= 11 is 0. The number of hydrogen-bond donors (Lipinski definition) is 0. The van der Waals surface area contributed by atoms with E-state index in [4.69, 9.17) is 4.98 Å². The summed E-state index contributed by atoms with van der Waals surface area (Å²) in [6, 6.07) is 20.6. The Morgan fingerprint density at radius 3 is 2.28 bits per heavy atom. The Balaban J connectivity index is 1.87. The maximum atomic E-state index is 5.09. The van der Waals surface area contributed by atoms with Gasteiger partial charge in [0.1, 0.15) is 23.4 Å². The lowest BCUT2D eigenvalue weighted by Gasteiger charge is -2.23. The second-order valence-corrected chi connectivity index (χ2v) is 9.25. The zero-order valence-electron chi connectivity index (χ0n) is 19.5. The van der Waals surface area contributed by atoms with Gasteiger partial charge in [0.05, 0.1) is 0 Å². The molecule has 0 saturated carbocycles. The van der Waals surface area contributed by atoms with Gasteiger partial charge in [0.25, 0.3) is 0 Å². The Bertz CT molecular complexity index is 1200. The fourth-order valence-electron chi connectivity index (χ4n) is 4.09. The van der Waals surface area contributed by atoms with E-state index < -0.39 is 0 Å². The van der Waals surface area contributed by atoms with Crippen molar-refractivity contribution in [2.75, 3.05) is 0 Å². The molecule has 4 aromatic rings. The summed E-state index contributed by atoms with van der Waals surface area (Å²) in [5.74, 6) is 0.988. The van der Waals surface area contributed by atoms with Gasteiger partial charge in [-0.1, -0.05) is 94.3 Å². The van der Waals surface area contributed by atoms with Crippen LogP contribution in [-0.4, -0.2) is 19.5 Å². The number of hydrogen-bond acceptors (Lipinski definition) is 3. The Labute approximate surface area is 191 Å². The molecule has 164 valence electrons. The molecular formula is C28H32N4. The molecule has 32 heavy (non-hydrogen) atoms. The van der Waals surface area contributed by atoms with Gasteiger partial charge >= 0.3 is 0 Å². The molecule has 2 heterocycles. The van der Waals surface area contributed by atoms with Gasteiger partial charge in [0.15, 0.2) is 5.65 Å². The third-order valence-corrected chi connectivity index (χ3v) is 5.87. The standard InChI is InChI=1S/C28H32N4/c1-5-6-15-22(28(2,3)4)18-19-24-31-26-25(21-13-9-7-10-14-21)29-20-30-27(26)32(24)23-16-11-8-12-17-23/h7-14,16-18,20H,5-6,15,19H2,1-4H3/b22-18+. The number of fused-ring (bicyclic) bond motifs is 1. The minimum atomic E-state index is 0.147. The molecule has 0 N–H and O–H groups in total. The maximum Gasteiger partial charge on any atom is 0.168 e. The van der Waals surface area contributed by atoms with Gasteiger partial charge in [0, 0.05) is 17.7 Å². The third kappa shape index (κ3) is 4.64. The van der Waals surface area contributed by atoms with Crippen LogP contribution in [0.2, 0.25) is 0 Å². The first-order chi connectivity index (χ1) is 15.5. The van der Waals surface area contributed by atoms with Gasteiger partial charge in [-0.05, 0) is 30.4 Å². The molecule has 2 aromatic carbocycles. The van der Waals surface area contributed by atoms with Crippen LogP contribution in [0.3, 0.4) is 0 Å². The summed E-state index contributed by atoms with van der Waals surface area (Å²) in [5.41, 5.74) is 6.32. The Hall–Kier alpha value is -3.27. The summed E-state index contributed by atoms with van der Waals surface area (Å²) in [6.45, 7) is 9.15. The van der Waals surface area contributed by atoms with Gasteiger partial charge in [0.2, 0.25) is 0 Å². The van der Waals surface area contributed by atoms with Gasteiger partial charge in [-0.3, -0.25) is 4.57 Å². The molecule has 0 spiro atoms. The number of benzene rings is 2. The summed E-state index contributed by atoms with van der Waals surface area (Å²) in [4.78, 5) is 14.3. The number of allylic oxidation sites excluding steroid dienone is 2. The van der Waals surface area contributed by atoms with Crippen molar-refractivity contribution in [3.63, 3.8) is 0 Å². The van der Waals surface area contributed by atoms with E-state index in [1.54, 1.807) is 6.33 Å². The van der Waals surface area contributed by atoms with Crippen LogP contribution in [0.5, 0.6) is 0 Å². The molecule has 4 rings (SSSR count). The van der Waals surface area contributed by atoms with Crippen LogP contribution in [-0.2, 0) is 6.42 Å². The predicted molar refractivity (Wildman–Crippen MR) is 133 cm³/mol.